The molecule has 0 aliphatic heterocycles. The number of carboxylic acid groups (broad SMARTS) is 2. The smallest absolute Gasteiger partial charge is 0.320 e. The third kappa shape index (κ3) is 75.8. The molecule has 0 spiro atoms. The van der Waals surface area contributed by atoms with E-state index in [4.69, 9.17) is 46.1 Å². The summed E-state index contributed by atoms with van der Waals surface area (Å²) in [6.07, 6.45) is 2.97. The number of aliphatic hydroxyl groups excluding tert-OH is 2. The lowest BCUT2D eigenvalue weighted by Crippen LogP contribution is -2.47. The van der Waals surface area contributed by atoms with E-state index < -0.39 is 56.5 Å². The number of urea groups is 1. The minimum atomic E-state index is -0.857. The molecule has 33 nitrogen and oxygen atoms in total. The Morgan fingerprint density at radius 3 is 0.669 bits per heavy atom. The van der Waals surface area contributed by atoms with Gasteiger partial charge in [-0.25, -0.2) is 4.79 Å². The van der Waals surface area contributed by atoms with Gasteiger partial charge in [0.15, 0.2) is 0 Å². The Labute approximate surface area is 833 Å². The highest BCUT2D eigenvalue weighted by Gasteiger charge is 2.35. The number of carbonyl (C=O) groups is 10. The van der Waals surface area contributed by atoms with E-state index in [2.05, 4.69) is 200 Å². The predicted octanol–water partition coefficient (Wildman–Crippen LogP) is 13.1. The summed E-state index contributed by atoms with van der Waals surface area (Å²) in [5.41, 5.74) is 8.19. The lowest BCUT2D eigenvalue weighted by molar-refractivity contribution is -0.141. The number of nitrogens with zero attached hydrogens (tertiary/aromatic N) is 12. The molecule has 0 fully saturated rings. The second-order valence-electron chi connectivity index (χ2n) is 47.2. The quantitative estimate of drug-likeness (QED) is 0.0262. The van der Waals surface area contributed by atoms with E-state index in [1.165, 1.54) is 0 Å². The molecule has 0 aromatic heterocycles. The van der Waals surface area contributed by atoms with Gasteiger partial charge in [-0.3, -0.25) is 72.6 Å². The third-order valence-electron chi connectivity index (χ3n) is 22.5. The molecule has 0 radical (unpaired) electrons. The Morgan fingerprint density at radius 2 is 0.478 bits per heavy atom. The highest BCUT2D eigenvalue weighted by Crippen LogP contribution is 2.26. The molecule has 33 heteroatoms. The van der Waals surface area contributed by atoms with Crippen molar-refractivity contribution in [2.24, 2.45) is 44.0 Å². The van der Waals surface area contributed by atoms with Crippen LogP contribution in [-0.2, 0) is 57.4 Å². The first-order chi connectivity index (χ1) is 59.8. The van der Waals surface area contributed by atoms with Crippen LogP contribution in [0.25, 0.3) is 0 Å². The van der Waals surface area contributed by atoms with E-state index in [0.717, 1.165) is 45.7 Å². The van der Waals surface area contributed by atoms with Crippen molar-refractivity contribution < 1.29 is 82.6 Å². The van der Waals surface area contributed by atoms with Crippen LogP contribution in [-0.4, -0.2) is 404 Å². The molecule has 0 unspecified atom stereocenters. The summed E-state index contributed by atoms with van der Waals surface area (Å²) in [4.78, 5) is 143. The van der Waals surface area contributed by atoms with Gasteiger partial charge in [0.2, 0.25) is 41.4 Å². The number of nitrogens with one attached hydrogen (secondary N) is 2. The fourth-order valence-corrected chi connectivity index (χ4v) is 11.3. The van der Waals surface area contributed by atoms with E-state index >= 15 is 0 Å². The van der Waals surface area contributed by atoms with E-state index in [1.54, 1.807) is 11.8 Å². The average Bonchev–Trinajstić information content (AvgIpc) is 0.876. The molecule has 0 heterocycles. The van der Waals surface area contributed by atoms with Crippen molar-refractivity contribution in [3.8, 4) is 0 Å². The fourth-order valence-electron chi connectivity index (χ4n) is 11.3. The first-order valence-corrected chi connectivity index (χ1v) is 48.3. The molecule has 0 saturated carbocycles. The van der Waals surface area contributed by atoms with Crippen LogP contribution in [0.2, 0.25) is 0 Å². The second-order valence-corrected chi connectivity index (χ2v) is 47.2. The Bertz CT molecular complexity index is 3160. The lowest BCUT2D eigenvalue weighted by Gasteiger charge is -2.35. The number of hydrogen-bond acceptors (Lipinski definition) is 22. The third-order valence-corrected chi connectivity index (χ3v) is 22.5. The van der Waals surface area contributed by atoms with Crippen LogP contribution in [0.15, 0.2) is 0 Å². The number of likely N-dealkylation sites (N-methyl/N-ethyl adjacent to an activating group) is 6. The number of nitrogens with two attached hydrogens (primary N) is 2. The van der Waals surface area contributed by atoms with Crippen molar-refractivity contribution in [3.05, 3.63) is 0 Å². The van der Waals surface area contributed by atoms with Crippen LogP contribution in [0, 0.1) is 32.5 Å². The SMILES string of the molecule is C.C.C.CN(CCN(CCCC(=O)O)C(=O)C(C)(C)C)C(C)(C)C.CN(CCN(CCCC(N)=O)C(=O)C(C)(C)C)C(C)(C)C.CN(CCN(CCCNC(N)=O)C(=O)C(C)(C)C)C(C)(C)C.CN(CCN(CCOCCO)C(=O)C(C)(C)C)C(C)(C)C.CN(CCN(CCOCCOCCO)C(=O)C(C)(C)C)C(C)(C)C.C[C@@H](NCCCN(CCN(C)C(C)(C)C)C(=O)C(C)(C)C)C(=O)O. The number of amides is 9. The number of aliphatic carboxylic acids is 2. The predicted molar refractivity (Wildman–Crippen MR) is 565 cm³/mol. The number of carboxylic acids is 2. The normalized spacial score (nSPS) is 12.6. The molecule has 0 saturated heterocycles. The molecule has 9 amide bonds. The van der Waals surface area contributed by atoms with Crippen molar-refractivity contribution in [1.82, 2.24) is 69.4 Å². The molecule has 0 aromatic carbocycles. The van der Waals surface area contributed by atoms with Crippen molar-refractivity contribution in [2.75, 3.05) is 226 Å². The van der Waals surface area contributed by atoms with Gasteiger partial charge < -0.3 is 86.1 Å². The van der Waals surface area contributed by atoms with E-state index in [9.17, 15) is 47.9 Å². The monoisotopic (exact) mass is 1950 g/mol. The largest absolute Gasteiger partial charge is 0.481 e. The number of carbonyl (C=O) groups excluding carboxylic acids is 8. The summed E-state index contributed by atoms with van der Waals surface area (Å²) in [5.74, 6) is -1.24. The number of hydrogen-bond donors (Lipinski definition) is 8. The van der Waals surface area contributed by atoms with Gasteiger partial charge in [0.25, 0.3) is 0 Å². The summed E-state index contributed by atoms with van der Waals surface area (Å²) in [5, 5.41) is 40.5. The van der Waals surface area contributed by atoms with Crippen LogP contribution in [0.4, 0.5) is 4.79 Å². The summed E-state index contributed by atoms with van der Waals surface area (Å²) < 4.78 is 16.0. The zero-order chi connectivity index (χ0) is 106. The molecule has 136 heavy (non-hydrogen) atoms. The molecule has 0 aliphatic carbocycles. The standard InChI is InChI=1S/C18H37N3O3.C18H38N2O4.C16H34N4O2.C16H33N3O2.C16H34N2O3.C16H32N2O3.3CH4/c1-14(15(22)23)19-10-9-11-21(16(24)17(2,3)4)13-12-20(8)18(5,6)7;1-17(2,3)16(22)20(9-8-19(7)18(4,5)6)10-12-23-14-15-24-13-11-21;1-15(2,3)13(21)20(10-8-9-18-14(17)22)12-11-19(7)16(4,5)6;1-15(2,3)14(21)19(10-8-9-13(17)20)12-11-18(7)16(4,5)6;1-15(2,3)14(20)18(10-12-21-13-11-19)9-8-17(7)16(4,5)6;1-15(2,3)14(21)18(10-8-9-13(19)20)12-11-17(7)16(4,5)6;;;/h14,19H,9-13H2,1-8H3,(H,22,23);21H,8-15H2,1-7H3;8-12H2,1-7H3,(H3,17,18,22);8-12H2,1-7H3,(H2,17,20);19H,8-13H2,1-7H3;8-12H2,1-7H3,(H,19,20);3*1H4/t14-;;;;;;;;/m1......../s1. The van der Waals surface area contributed by atoms with Gasteiger partial charge in [-0.1, -0.05) is 147 Å². The first-order valence-electron chi connectivity index (χ1n) is 48.3. The van der Waals surface area contributed by atoms with E-state index in [-0.39, 0.29) is 116 Å². The van der Waals surface area contributed by atoms with Crippen LogP contribution in [0.1, 0.15) is 317 Å². The molecule has 0 rings (SSSR count). The molecular weight excluding hydrogens is 1730 g/mol. The van der Waals surface area contributed by atoms with Gasteiger partial charge in [-0.15, -0.1) is 0 Å². The van der Waals surface area contributed by atoms with Crippen LogP contribution < -0.4 is 22.1 Å². The number of primary amides is 2. The van der Waals surface area contributed by atoms with Crippen molar-refractivity contribution >= 4 is 59.3 Å². The first kappa shape index (κ1) is 148. The van der Waals surface area contributed by atoms with Crippen LogP contribution in [0.3, 0.4) is 0 Å². The molecule has 0 aromatic rings. The van der Waals surface area contributed by atoms with Gasteiger partial charge in [-0.2, -0.15) is 0 Å². The molecule has 0 aliphatic rings. The summed E-state index contributed by atoms with van der Waals surface area (Å²) >= 11 is 0. The highest BCUT2D eigenvalue weighted by molar-refractivity contribution is 5.84. The fraction of sp³-hybridized carbons (Fsp3) is 0.903. The Balaban J connectivity index is -0.000000203. The minimum absolute atomic E-state index is 0. The minimum Gasteiger partial charge on any atom is -0.481 e. The van der Waals surface area contributed by atoms with Crippen molar-refractivity contribution in [1.29, 1.82) is 0 Å². The lowest BCUT2D eigenvalue weighted by atomic mass is 9.94. The van der Waals surface area contributed by atoms with Gasteiger partial charge in [0.05, 0.1) is 52.9 Å². The molecular formula is C103H220N16O17. The van der Waals surface area contributed by atoms with Gasteiger partial charge in [0, 0.05) is 203 Å². The van der Waals surface area contributed by atoms with E-state index in [1.807, 2.05) is 156 Å². The van der Waals surface area contributed by atoms with Crippen molar-refractivity contribution in [2.45, 2.75) is 356 Å². The van der Waals surface area contributed by atoms with Crippen LogP contribution >= 0.6 is 0 Å². The Kier molecular flexibility index (Phi) is 75.9. The molecule has 1 atom stereocenters. The Hall–Kier alpha value is -5.98. The molecule has 10 N–H and O–H groups in total. The maximum atomic E-state index is 12.7. The number of ether oxygens (including phenoxy) is 3. The van der Waals surface area contributed by atoms with Crippen molar-refractivity contribution in [3.63, 3.8) is 0 Å². The average molecular weight is 1950 g/mol. The van der Waals surface area contributed by atoms with E-state index in [0.29, 0.717) is 157 Å². The zero-order valence-electron chi connectivity index (χ0n) is 93.2. The van der Waals surface area contributed by atoms with Gasteiger partial charge in [-0.05, 0) is 206 Å². The summed E-state index contributed by atoms with van der Waals surface area (Å²) in [6.45, 7) is 91.0. The number of rotatable bonds is 49. The maximum absolute atomic E-state index is 12.7. The molecule has 0 bridgehead atoms. The number of aliphatic hydroxyl groups is 2. The van der Waals surface area contributed by atoms with Crippen LogP contribution in [0.5, 0.6) is 0 Å². The zero-order valence-corrected chi connectivity index (χ0v) is 93.2. The topological polar surface area (TPSA) is 394 Å². The highest BCUT2D eigenvalue weighted by atomic mass is 16.5. The maximum Gasteiger partial charge on any atom is 0.320 e. The Morgan fingerprint density at radius 1 is 0.279 bits per heavy atom. The summed E-state index contributed by atoms with van der Waals surface area (Å²) in [6, 6.07) is -1.09. The summed E-state index contributed by atoms with van der Waals surface area (Å²) in [7, 11) is 12.4. The van der Waals surface area contributed by atoms with Gasteiger partial charge >= 0.3 is 18.0 Å². The van der Waals surface area contributed by atoms with Gasteiger partial charge in [0.1, 0.15) is 6.04 Å². The second kappa shape index (κ2) is 69.8. The molecule has 814 valence electrons.